The van der Waals surface area contributed by atoms with Gasteiger partial charge in [-0.05, 0) is 6.07 Å². The lowest BCUT2D eigenvalue weighted by atomic mass is 10.4. The predicted octanol–water partition coefficient (Wildman–Crippen LogP) is 0.953. The third-order valence-electron chi connectivity index (χ3n) is 1.01. The summed E-state index contributed by atoms with van der Waals surface area (Å²) in [5, 5.41) is 0. The third-order valence-corrected chi connectivity index (χ3v) is 1.01. The van der Waals surface area contributed by atoms with Gasteiger partial charge in [0.2, 0.25) is 5.82 Å². The van der Waals surface area contributed by atoms with Crippen LogP contribution in [0.4, 0.5) is 13.2 Å². The standard InChI is InChI=1S/C6H2F3N2O/c7-6(8,9)5-10-2-1-4(3-12)11-5/h1-2H. The lowest BCUT2D eigenvalue weighted by Crippen LogP contribution is -2.11. The first-order valence-electron chi connectivity index (χ1n) is 2.82. The number of hydrogen-bond donors (Lipinski definition) is 0. The van der Waals surface area contributed by atoms with Crippen LogP contribution in [-0.4, -0.2) is 16.3 Å². The average molecular weight is 175 g/mol. The summed E-state index contributed by atoms with van der Waals surface area (Å²) in [5.74, 6) is -1.33. The fourth-order valence-corrected chi connectivity index (χ4v) is 0.552. The van der Waals surface area contributed by atoms with E-state index in [1.807, 2.05) is 0 Å². The summed E-state index contributed by atoms with van der Waals surface area (Å²) in [5.41, 5.74) is -0.405. The van der Waals surface area contributed by atoms with E-state index < -0.39 is 17.7 Å². The number of aromatic nitrogens is 2. The molecule has 0 aromatic carbocycles. The smallest absolute Gasteiger partial charge is 0.283 e. The molecule has 0 saturated carbocycles. The number of carbonyl (C=O) groups excluding carboxylic acids is 1. The first-order chi connectivity index (χ1) is 5.54. The normalized spacial score (nSPS) is 11.2. The van der Waals surface area contributed by atoms with E-state index in [0.29, 0.717) is 0 Å². The van der Waals surface area contributed by atoms with E-state index in [2.05, 4.69) is 9.97 Å². The van der Waals surface area contributed by atoms with Crippen molar-refractivity contribution in [2.24, 2.45) is 0 Å². The van der Waals surface area contributed by atoms with Gasteiger partial charge in [-0.1, -0.05) is 0 Å². The van der Waals surface area contributed by atoms with Gasteiger partial charge in [0, 0.05) is 6.20 Å². The molecule has 0 aliphatic heterocycles. The van der Waals surface area contributed by atoms with Crippen LogP contribution in [0.25, 0.3) is 0 Å². The molecule has 0 fully saturated rings. The first-order valence-corrected chi connectivity index (χ1v) is 2.82. The molecular formula is C6H2F3N2O. The van der Waals surface area contributed by atoms with Crippen molar-refractivity contribution in [1.82, 2.24) is 9.97 Å². The van der Waals surface area contributed by atoms with Gasteiger partial charge in [0.25, 0.3) is 6.29 Å². The molecule has 0 saturated heterocycles. The minimum absolute atomic E-state index is 0.405. The summed E-state index contributed by atoms with van der Waals surface area (Å²) >= 11 is 0. The third kappa shape index (κ3) is 1.77. The van der Waals surface area contributed by atoms with Crippen molar-refractivity contribution >= 4 is 6.29 Å². The van der Waals surface area contributed by atoms with E-state index in [-0.39, 0.29) is 0 Å². The molecule has 0 N–H and O–H groups in total. The molecule has 0 bridgehead atoms. The number of nitrogens with zero attached hydrogens (tertiary/aromatic N) is 2. The second-order valence-corrected chi connectivity index (χ2v) is 1.87. The van der Waals surface area contributed by atoms with Gasteiger partial charge >= 0.3 is 6.18 Å². The zero-order valence-electron chi connectivity index (χ0n) is 5.59. The van der Waals surface area contributed by atoms with E-state index >= 15 is 0 Å². The average Bonchev–Trinajstić information content (AvgIpc) is 2.03. The Bertz CT molecular complexity index is 297. The molecule has 0 spiro atoms. The SMILES string of the molecule is O=[C]c1ccnc(C(F)(F)F)n1. The molecule has 1 aromatic rings. The molecule has 1 radical (unpaired) electrons. The monoisotopic (exact) mass is 175 g/mol. The van der Waals surface area contributed by atoms with Crippen LogP contribution < -0.4 is 0 Å². The van der Waals surface area contributed by atoms with E-state index in [1.54, 1.807) is 0 Å². The molecule has 0 amide bonds. The number of hydrogen-bond acceptors (Lipinski definition) is 3. The van der Waals surface area contributed by atoms with E-state index in [9.17, 15) is 18.0 Å². The zero-order chi connectivity index (χ0) is 9.19. The van der Waals surface area contributed by atoms with Gasteiger partial charge in [0.05, 0.1) is 0 Å². The number of alkyl halides is 3. The predicted molar refractivity (Wildman–Crippen MR) is 31.8 cm³/mol. The van der Waals surface area contributed by atoms with Crippen LogP contribution in [0.3, 0.4) is 0 Å². The Morgan fingerprint density at radius 2 is 2.08 bits per heavy atom. The van der Waals surface area contributed by atoms with E-state index in [1.165, 1.54) is 6.29 Å². The van der Waals surface area contributed by atoms with Crippen LogP contribution in [0.1, 0.15) is 11.5 Å². The van der Waals surface area contributed by atoms with Gasteiger partial charge in [-0.3, -0.25) is 4.79 Å². The quantitative estimate of drug-likeness (QED) is 0.638. The molecule has 0 atom stereocenters. The molecule has 6 heteroatoms. The Kier molecular flexibility index (Phi) is 2.07. The van der Waals surface area contributed by atoms with Crippen molar-refractivity contribution < 1.29 is 18.0 Å². The Balaban J connectivity index is 3.10. The molecular weight excluding hydrogens is 173 g/mol. The second-order valence-electron chi connectivity index (χ2n) is 1.87. The summed E-state index contributed by atoms with van der Waals surface area (Å²) in [6, 6.07) is 1.04. The highest BCUT2D eigenvalue weighted by Gasteiger charge is 2.34. The highest BCUT2D eigenvalue weighted by Crippen LogP contribution is 2.25. The van der Waals surface area contributed by atoms with E-state index in [0.717, 1.165) is 12.3 Å². The van der Waals surface area contributed by atoms with Crippen LogP contribution in [0, 0.1) is 0 Å². The first kappa shape index (κ1) is 8.63. The van der Waals surface area contributed by atoms with Gasteiger partial charge in [-0.25, -0.2) is 9.97 Å². The maximum atomic E-state index is 11.8. The maximum absolute atomic E-state index is 11.8. The Morgan fingerprint density at radius 3 is 2.58 bits per heavy atom. The van der Waals surface area contributed by atoms with Crippen molar-refractivity contribution in [3.8, 4) is 0 Å². The molecule has 1 aromatic heterocycles. The summed E-state index contributed by atoms with van der Waals surface area (Å²) in [6.45, 7) is 0. The molecule has 0 unspecified atom stereocenters. The van der Waals surface area contributed by atoms with Crippen LogP contribution in [-0.2, 0) is 11.0 Å². The van der Waals surface area contributed by atoms with Gasteiger partial charge in [-0.15, -0.1) is 0 Å². The van der Waals surface area contributed by atoms with Crippen LogP contribution >= 0.6 is 0 Å². The summed E-state index contributed by atoms with van der Waals surface area (Å²) in [6.07, 6.45) is -2.52. The number of rotatable bonds is 1. The summed E-state index contributed by atoms with van der Waals surface area (Å²) in [7, 11) is 0. The van der Waals surface area contributed by atoms with Crippen molar-refractivity contribution in [1.29, 1.82) is 0 Å². The highest BCUT2D eigenvalue weighted by atomic mass is 19.4. The van der Waals surface area contributed by atoms with Gasteiger partial charge in [0.1, 0.15) is 5.69 Å². The molecule has 1 rings (SSSR count). The minimum atomic E-state index is -4.62. The Labute approximate surface area is 65.3 Å². The fraction of sp³-hybridized carbons (Fsp3) is 0.167. The van der Waals surface area contributed by atoms with Crippen LogP contribution in [0.15, 0.2) is 12.3 Å². The van der Waals surface area contributed by atoms with Crippen LogP contribution in [0.2, 0.25) is 0 Å². The molecule has 0 aliphatic carbocycles. The van der Waals surface area contributed by atoms with Crippen molar-refractivity contribution in [2.45, 2.75) is 6.18 Å². The Morgan fingerprint density at radius 1 is 1.42 bits per heavy atom. The fourth-order valence-electron chi connectivity index (χ4n) is 0.552. The largest absolute Gasteiger partial charge is 0.451 e. The maximum Gasteiger partial charge on any atom is 0.451 e. The number of halogens is 3. The lowest BCUT2D eigenvalue weighted by molar-refractivity contribution is -0.145. The second kappa shape index (κ2) is 2.88. The topological polar surface area (TPSA) is 42.9 Å². The zero-order valence-corrected chi connectivity index (χ0v) is 5.59. The van der Waals surface area contributed by atoms with E-state index in [4.69, 9.17) is 0 Å². The van der Waals surface area contributed by atoms with Gasteiger partial charge in [-0.2, -0.15) is 13.2 Å². The molecule has 12 heavy (non-hydrogen) atoms. The highest BCUT2D eigenvalue weighted by molar-refractivity contribution is 5.71. The van der Waals surface area contributed by atoms with Crippen molar-refractivity contribution in [3.63, 3.8) is 0 Å². The molecule has 1 heterocycles. The Hall–Kier alpha value is -1.46. The van der Waals surface area contributed by atoms with Crippen molar-refractivity contribution in [2.75, 3.05) is 0 Å². The minimum Gasteiger partial charge on any atom is -0.283 e. The van der Waals surface area contributed by atoms with Crippen molar-refractivity contribution in [3.05, 3.63) is 23.8 Å². The summed E-state index contributed by atoms with van der Waals surface area (Å²) < 4.78 is 35.5. The van der Waals surface area contributed by atoms with Crippen LogP contribution in [0.5, 0.6) is 0 Å². The lowest BCUT2D eigenvalue weighted by Gasteiger charge is -2.02. The molecule has 63 valence electrons. The molecule has 3 nitrogen and oxygen atoms in total. The molecule has 0 aliphatic rings. The van der Waals surface area contributed by atoms with Gasteiger partial charge < -0.3 is 0 Å². The summed E-state index contributed by atoms with van der Waals surface area (Å²) in [4.78, 5) is 15.7. The van der Waals surface area contributed by atoms with Gasteiger partial charge in [0.15, 0.2) is 0 Å².